The highest BCUT2D eigenvalue weighted by molar-refractivity contribution is 5.36. The Morgan fingerprint density at radius 3 is 2.70 bits per heavy atom. The van der Waals surface area contributed by atoms with Gasteiger partial charge in [-0.1, -0.05) is 12.2 Å². The van der Waals surface area contributed by atoms with Crippen molar-refractivity contribution in [2.45, 2.75) is 12.8 Å². The average Bonchev–Trinajstić information content (AvgIpc) is 2.05. The molecule has 0 spiro atoms. The van der Waals surface area contributed by atoms with Crippen molar-refractivity contribution < 1.29 is 0 Å². The first-order valence-corrected chi connectivity index (χ1v) is 3.57. The molecule has 0 saturated heterocycles. The topological polar surface area (TPSA) is 12.9 Å². The van der Waals surface area contributed by atoms with E-state index in [-0.39, 0.29) is 0 Å². The van der Waals surface area contributed by atoms with Crippen LogP contribution < -0.4 is 10.4 Å². The molecule has 1 aliphatic rings. The predicted molar refractivity (Wildman–Crippen MR) is 41.7 cm³/mol. The van der Waals surface area contributed by atoms with Crippen LogP contribution in [0.25, 0.3) is 12.2 Å². The van der Waals surface area contributed by atoms with Crippen molar-refractivity contribution in [2.24, 2.45) is 0 Å². The normalized spacial score (nSPS) is 14.8. The van der Waals surface area contributed by atoms with Gasteiger partial charge in [0.15, 0.2) is 0 Å². The molecule has 1 aliphatic carbocycles. The van der Waals surface area contributed by atoms with Gasteiger partial charge >= 0.3 is 0 Å². The molecule has 0 N–H and O–H groups in total. The third-order valence-corrected chi connectivity index (χ3v) is 1.78. The first kappa shape index (κ1) is 5.66. The molecule has 0 saturated carbocycles. The SMILES string of the molecule is C1=c2ccncc2=CCC1. The van der Waals surface area contributed by atoms with Gasteiger partial charge in [-0.2, -0.15) is 0 Å². The summed E-state index contributed by atoms with van der Waals surface area (Å²) in [5, 5.41) is 2.62. The van der Waals surface area contributed by atoms with Crippen molar-refractivity contribution in [2.75, 3.05) is 0 Å². The molecule has 1 aromatic heterocycles. The smallest absolute Gasteiger partial charge is 0.0343 e. The summed E-state index contributed by atoms with van der Waals surface area (Å²) >= 11 is 0. The molecule has 0 amide bonds. The Balaban J connectivity index is 2.84. The minimum Gasteiger partial charge on any atom is -0.264 e. The Morgan fingerprint density at radius 1 is 1.10 bits per heavy atom. The van der Waals surface area contributed by atoms with Crippen LogP contribution in [0.1, 0.15) is 12.8 Å². The van der Waals surface area contributed by atoms with E-state index >= 15 is 0 Å². The van der Waals surface area contributed by atoms with E-state index in [0.29, 0.717) is 0 Å². The fourth-order valence-electron chi connectivity index (χ4n) is 1.25. The van der Waals surface area contributed by atoms with Gasteiger partial charge in [-0.3, -0.25) is 4.98 Å². The molecular weight excluding hydrogens is 122 g/mol. The molecule has 1 heteroatoms. The Labute approximate surface area is 59.7 Å². The summed E-state index contributed by atoms with van der Waals surface area (Å²) in [5.74, 6) is 0. The lowest BCUT2D eigenvalue weighted by molar-refractivity contribution is 1.10. The molecule has 1 nitrogen and oxygen atoms in total. The maximum atomic E-state index is 4.05. The highest BCUT2D eigenvalue weighted by atomic mass is 14.6. The second-order valence-electron chi connectivity index (χ2n) is 2.49. The lowest BCUT2D eigenvalue weighted by Crippen LogP contribution is -2.26. The first-order valence-electron chi connectivity index (χ1n) is 3.57. The number of rotatable bonds is 0. The van der Waals surface area contributed by atoms with Crippen molar-refractivity contribution in [3.63, 3.8) is 0 Å². The zero-order chi connectivity index (χ0) is 6.81. The number of fused-ring (bicyclic) bond motifs is 1. The predicted octanol–water partition coefficient (Wildman–Crippen LogP) is 0.436. The molecule has 0 atom stereocenters. The monoisotopic (exact) mass is 131 g/mol. The van der Waals surface area contributed by atoms with E-state index in [1.54, 1.807) is 0 Å². The maximum absolute atomic E-state index is 4.05. The molecule has 50 valence electrons. The van der Waals surface area contributed by atoms with Gasteiger partial charge in [0.25, 0.3) is 0 Å². The maximum Gasteiger partial charge on any atom is 0.0343 e. The average molecular weight is 131 g/mol. The Hall–Kier alpha value is -1.11. The fourth-order valence-corrected chi connectivity index (χ4v) is 1.25. The summed E-state index contributed by atoms with van der Waals surface area (Å²) in [6.07, 6.45) is 10.6. The van der Waals surface area contributed by atoms with Crippen LogP contribution in [0.4, 0.5) is 0 Å². The number of hydrogen-bond acceptors (Lipinski definition) is 1. The largest absolute Gasteiger partial charge is 0.264 e. The molecule has 0 fully saturated rings. The van der Waals surface area contributed by atoms with Crippen LogP contribution in [0, 0.1) is 0 Å². The van der Waals surface area contributed by atoms with E-state index in [4.69, 9.17) is 0 Å². The summed E-state index contributed by atoms with van der Waals surface area (Å²) in [6, 6.07) is 2.06. The first-order chi connectivity index (χ1) is 4.97. The molecule has 1 heterocycles. The summed E-state index contributed by atoms with van der Waals surface area (Å²) < 4.78 is 0. The fraction of sp³-hybridized carbons (Fsp3) is 0.222. The van der Waals surface area contributed by atoms with E-state index in [0.717, 1.165) is 0 Å². The summed E-state index contributed by atoms with van der Waals surface area (Å²) in [5.41, 5.74) is 0. The molecule has 0 aromatic carbocycles. The zero-order valence-corrected chi connectivity index (χ0v) is 5.75. The molecule has 0 radical (unpaired) electrons. The highest BCUT2D eigenvalue weighted by Gasteiger charge is 1.89. The van der Waals surface area contributed by atoms with Crippen LogP contribution in [0.15, 0.2) is 18.5 Å². The van der Waals surface area contributed by atoms with Crippen LogP contribution in [0.5, 0.6) is 0 Å². The van der Waals surface area contributed by atoms with Crippen LogP contribution >= 0.6 is 0 Å². The van der Waals surface area contributed by atoms with Crippen molar-refractivity contribution >= 4 is 12.2 Å². The lowest BCUT2D eigenvalue weighted by Gasteiger charge is -1.96. The second-order valence-corrected chi connectivity index (χ2v) is 2.49. The van der Waals surface area contributed by atoms with Crippen molar-refractivity contribution in [1.29, 1.82) is 0 Å². The van der Waals surface area contributed by atoms with Gasteiger partial charge in [0.2, 0.25) is 0 Å². The number of pyridine rings is 1. The van der Waals surface area contributed by atoms with E-state index in [1.165, 1.54) is 23.3 Å². The van der Waals surface area contributed by atoms with Gasteiger partial charge in [-0.05, 0) is 29.3 Å². The summed E-state index contributed by atoms with van der Waals surface area (Å²) in [6.45, 7) is 0. The Morgan fingerprint density at radius 2 is 1.90 bits per heavy atom. The third kappa shape index (κ3) is 0.838. The van der Waals surface area contributed by atoms with Gasteiger partial charge in [-0.25, -0.2) is 0 Å². The molecule has 0 aliphatic heterocycles. The number of nitrogens with zero attached hydrogens (tertiary/aromatic N) is 1. The van der Waals surface area contributed by atoms with E-state index < -0.39 is 0 Å². The van der Waals surface area contributed by atoms with Crippen LogP contribution in [-0.2, 0) is 0 Å². The zero-order valence-electron chi connectivity index (χ0n) is 5.75. The number of aromatic nitrogens is 1. The molecular formula is C9H9N. The number of hydrogen-bond donors (Lipinski definition) is 0. The van der Waals surface area contributed by atoms with Crippen LogP contribution in [0.3, 0.4) is 0 Å². The van der Waals surface area contributed by atoms with E-state index in [1.807, 2.05) is 12.4 Å². The molecule has 2 rings (SSSR count). The summed E-state index contributed by atoms with van der Waals surface area (Å²) in [4.78, 5) is 4.05. The molecule has 1 aromatic rings. The summed E-state index contributed by atoms with van der Waals surface area (Å²) in [7, 11) is 0. The Bertz CT molecular complexity index is 303. The minimum absolute atomic E-state index is 1.17. The molecule has 0 unspecified atom stereocenters. The van der Waals surface area contributed by atoms with Gasteiger partial charge < -0.3 is 0 Å². The van der Waals surface area contributed by atoms with Crippen LogP contribution in [0.2, 0.25) is 0 Å². The third-order valence-electron chi connectivity index (χ3n) is 1.78. The van der Waals surface area contributed by atoms with Crippen molar-refractivity contribution in [3.05, 3.63) is 28.9 Å². The van der Waals surface area contributed by atoms with Gasteiger partial charge in [0.1, 0.15) is 0 Å². The van der Waals surface area contributed by atoms with Gasteiger partial charge in [0.05, 0.1) is 0 Å². The van der Waals surface area contributed by atoms with E-state index in [2.05, 4.69) is 23.2 Å². The van der Waals surface area contributed by atoms with Gasteiger partial charge in [0, 0.05) is 12.4 Å². The van der Waals surface area contributed by atoms with Crippen LogP contribution in [-0.4, -0.2) is 4.98 Å². The minimum atomic E-state index is 1.17. The quantitative estimate of drug-likeness (QED) is 0.497. The second kappa shape index (κ2) is 2.25. The van der Waals surface area contributed by atoms with E-state index in [9.17, 15) is 0 Å². The molecule has 0 bridgehead atoms. The van der Waals surface area contributed by atoms with Crippen molar-refractivity contribution in [3.8, 4) is 0 Å². The lowest BCUT2D eigenvalue weighted by atomic mass is 10.1. The Kier molecular flexibility index (Phi) is 1.28. The highest BCUT2D eigenvalue weighted by Crippen LogP contribution is 1.92. The standard InChI is InChI=1S/C9H9N/c1-2-4-9-7-10-6-5-8(9)3-1/h3-7H,1-2H2. The van der Waals surface area contributed by atoms with Crippen molar-refractivity contribution in [1.82, 2.24) is 4.98 Å². The molecule has 10 heavy (non-hydrogen) atoms. The van der Waals surface area contributed by atoms with Gasteiger partial charge in [-0.15, -0.1) is 0 Å².